The van der Waals surface area contributed by atoms with E-state index in [9.17, 15) is 13.2 Å². The lowest BCUT2D eigenvalue weighted by atomic mass is 9.69. The second-order valence-electron chi connectivity index (χ2n) is 8.76. The maximum absolute atomic E-state index is 13.4. The fraction of sp³-hybridized carbons (Fsp3) is 0.435. The predicted octanol–water partition coefficient (Wildman–Crippen LogP) is 3.48. The Hall–Kier alpha value is -2.38. The van der Waals surface area contributed by atoms with Crippen LogP contribution >= 0.6 is 0 Å². The molecule has 0 radical (unpaired) electrons. The molecule has 2 aliphatic rings. The summed E-state index contributed by atoms with van der Waals surface area (Å²) in [5, 5.41) is 2.81. The van der Waals surface area contributed by atoms with Crippen LogP contribution in [0.1, 0.15) is 36.8 Å². The molecule has 4 rings (SSSR count). The van der Waals surface area contributed by atoms with Gasteiger partial charge in [0.15, 0.2) is 0 Å². The Bertz CT molecular complexity index is 1030. The van der Waals surface area contributed by atoms with Crippen LogP contribution in [0.4, 0.5) is 4.79 Å². The van der Waals surface area contributed by atoms with Crippen molar-refractivity contribution in [1.82, 2.24) is 14.5 Å². The number of carbonyl (C=O) groups is 1. The summed E-state index contributed by atoms with van der Waals surface area (Å²) in [6.07, 6.45) is 2.78. The van der Waals surface area contributed by atoms with E-state index < -0.39 is 21.6 Å². The van der Waals surface area contributed by atoms with E-state index in [0.717, 1.165) is 22.7 Å². The van der Waals surface area contributed by atoms with Crippen LogP contribution in [0.15, 0.2) is 59.5 Å². The third kappa shape index (κ3) is 3.20. The molecule has 1 saturated heterocycles. The van der Waals surface area contributed by atoms with Crippen LogP contribution in [0.25, 0.3) is 0 Å². The molecule has 1 aliphatic heterocycles. The van der Waals surface area contributed by atoms with Crippen LogP contribution in [-0.2, 0) is 15.6 Å². The molecule has 0 atom stereocenters. The molecular formula is C23H29N3O3S. The fourth-order valence-corrected chi connectivity index (χ4v) is 6.76. The van der Waals surface area contributed by atoms with Crippen LogP contribution in [0.3, 0.4) is 0 Å². The summed E-state index contributed by atoms with van der Waals surface area (Å²) >= 11 is 0. The minimum atomic E-state index is -3.93. The molecule has 1 heterocycles. The van der Waals surface area contributed by atoms with Gasteiger partial charge in [0.25, 0.3) is 10.0 Å². The van der Waals surface area contributed by atoms with Crippen molar-refractivity contribution < 1.29 is 13.2 Å². The number of benzene rings is 2. The number of carbonyl (C=O) groups excluding carboxylic acids is 1. The molecule has 1 aliphatic carbocycles. The second kappa shape index (κ2) is 7.39. The lowest BCUT2D eigenvalue weighted by Crippen LogP contribution is -2.56. The van der Waals surface area contributed by atoms with Gasteiger partial charge >= 0.3 is 6.03 Å². The second-order valence-corrected chi connectivity index (χ2v) is 10.5. The van der Waals surface area contributed by atoms with Crippen LogP contribution in [-0.4, -0.2) is 49.8 Å². The van der Waals surface area contributed by atoms with Gasteiger partial charge < -0.3 is 5.32 Å². The van der Waals surface area contributed by atoms with E-state index in [1.165, 1.54) is 5.56 Å². The number of sulfonamides is 1. The number of aryl methyl sites for hydroxylation is 1. The zero-order valence-electron chi connectivity index (χ0n) is 17.8. The molecule has 1 spiro atoms. The Balaban J connectivity index is 1.68. The standard InChI is InChI=1S/C23H29N3O3S/c1-18-9-11-20(12-10-18)30(28,29)26-21(27)24-17-22(26)13-15-23(16-14-22,25(2)3)19-7-5-4-6-8-19/h4-12H,13-17H2,1-3H3,(H,24,27). The van der Waals surface area contributed by atoms with Crippen molar-refractivity contribution >= 4 is 16.1 Å². The zero-order valence-corrected chi connectivity index (χ0v) is 18.6. The zero-order chi connectivity index (χ0) is 21.6. The Morgan fingerprint density at radius 3 is 2.10 bits per heavy atom. The van der Waals surface area contributed by atoms with E-state index in [0.29, 0.717) is 19.4 Å². The van der Waals surface area contributed by atoms with E-state index in [2.05, 4.69) is 36.4 Å². The molecule has 0 bridgehead atoms. The molecular weight excluding hydrogens is 398 g/mol. The van der Waals surface area contributed by atoms with Gasteiger partial charge in [-0.2, -0.15) is 0 Å². The van der Waals surface area contributed by atoms with Crippen LogP contribution in [0, 0.1) is 6.92 Å². The van der Waals surface area contributed by atoms with Gasteiger partial charge in [0.05, 0.1) is 10.4 Å². The largest absolute Gasteiger partial charge is 0.335 e. The summed E-state index contributed by atoms with van der Waals surface area (Å²) in [5.41, 5.74) is 1.31. The highest BCUT2D eigenvalue weighted by molar-refractivity contribution is 7.89. The van der Waals surface area contributed by atoms with Crippen molar-refractivity contribution in [3.05, 3.63) is 65.7 Å². The van der Waals surface area contributed by atoms with Crippen molar-refractivity contribution in [1.29, 1.82) is 0 Å². The molecule has 30 heavy (non-hydrogen) atoms. The van der Waals surface area contributed by atoms with Gasteiger partial charge in [-0.15, -0.1) is 0 Å². The number of nitrogens with one attached hydrogen (secondary N) is 1. The summed E-state index contributed by atoms with van der Waals surface area (Å²) in [6, 6.07) is 16.5. The van der Waals surface area contributed by atoms with Crippen molar-refractivity contribution in [2.75, 3.05) is 20.6 Å². The summed E-state index contributed by atoms with van der Waals surface area (Å²) in [4.78, 5) is 15.1. The minimum absolute atomic E-state index is 0.164. The van der Waals surface area contributed by atoms with E-state index in [1.54, 1.807) is 24.3 Å². The van der Waals surface area contributed by atoms with Gasteiger partial charge in [0, 0.05) is 12.1 Å². The lowest BCUT2D eigenvalue weighted by molar-refractivity contribution is 0.0471. The number of hydrogen-bond donors (Lipinski definition) is 1. The fourth-order valence-electron chi connectivity index (χ4n) is 5.03. The number of amides is 2. The number of nitrogens with zero attached hydrogens (tertiary/aromatic N) is 2. The predicted molar refractivity (Wildman–Crippen MR) is 117 cm³/mol. The van der Waals surface area contributed by atoms with Crippen molar-refractivity contribution in [3.63, 3.8) is 0 Å². The van der Waals surface area contributed by atoms with Gasteiger partial charge in [-0.1, -0.05) is 48.0 Å². The van der Waals surface area contributed by atoms with E-state index >= 15 is 0 Å². The van der Waals surface area contributed by atoms with Gasteiger partial charge in [-0.25, -0.2) is 17.5 Å². The molecule has 2 aromatic carbocycles. The minimum Gasteiger partial charge on any atom is -0.335 e. The van der Waals surface area contributed by atoms with Crippen molar-refractivity contribution in [2.45, 2.75) is 48.6 Å². The number of urea groups is 1. The topological polar surface area (TPSA) is 69.7 Å². The molecule has 2 amide bonds. The van der Waals surface area contributed by atoms with Gasteiger partial charge in [-0.05, 0) is 64.4 Å². The normalized spacial score (nSPS) is 26.9. The Kier molecular flexibility index (Phi) is 5.14. The number of hydrogen-bond acceptors (Lipinski definition) is 4. The molecule has 2 aromatic rings. The average Bonchev–Trinajstić information content (AvgIpc) is 3.06. The van der Waals surface area contributed by atoms with Gasteiger partial charge in [0.2, 0.25) is 0 Å². The maximum Gasteiger partial charge on any atom is 0.332 e. The Morgan fingerprint density at radius 1 is 0.933 bits per heavy atom. The highest BCUT2D eigenvalue weighted by Crippen LogP contribution is 2.48. The molecule has 7 heteroatoms. The lowest BCUT2D eigenvalue weighted by Gasteiger charge is -2.50. The molecule has 2 fully saturated rings. The van der Waals surface area contributed by atoms with Gasteiger partial charge in [0.1, 0.15) is 0 Å². The van der Waals surface area contributed by atoms with Crippen molar-refractivity contribution in [3.8, 4) is 0 Å². The molecule has 0 aromatic heterocycles. The van der Waals surface area contributed by atoms with E-state index in [-0.39, 0.29) is 10.4 Å². The first-order valence-electron chi connectivity index (χ1n) is 10.3. The monoisotopic (exact) mass is 427 g/mol. The first-order valence-corrected chi connectivity index (χ1v) is 11.8. The van der Waals surface area contributed by atoms with Crippen LogP contribution in [0.5, 0.6) is 0 Å². The highest BCUT2D eigenvalue weighted by Gasteiger charge is 2.56. The first kappa shape index (κ1) is 20.9. The van der Waals surface area contributed by atoms with E-state index in [4.69, 9.17) is 0 Å². The number of rotatable bonds is 4. The molecule has 6 nitrogen and oxygen atoms in total. The molecule has 0 unspecified atom stereocenters. The molecule has 1 saturated carbocycles. The Labute approximate surface area is 178 Å². The smallest absolute Gasteiger partial charge is 0.332 e. The van der Waals surface area contributed by atoms with Gasteiger partial charge in [-0.3, -0.25) is 4.90 Å². The summed E-state index contributed by atoms with van der Waals surface area (Å²) in [5.74, 6) is 0. The third-order valence-electron chi connectivity index (χ3n) is 6.92. The van der Waals surface area contributed by atoms with E-state index in [1.807, 2.05) is 25.1 Å². The van der Waals surface area contributed by atoms with Crippen LogP contribution < -0.4 is 5.32 Å². The molecule has 160 valence electrons. The summed E-state index contributed by atoms with van der Waals surface area (Å²) in [6.45, 7) is 2.27. The quantitative estimate of drug-likeness (QED) is 0.811. The third-order valence-corrected chi connectivity index (χ3v) is 8.82. The maximum atomic E-state index is 13.4. The average molecular weight is 428 g/mol. The summed E-state index contributed by atoms with van der Waals surface area (Å²) in [7, 11) is 0.219. The Morgan fingerprint density at radius 2 is 1.53 bits per heavy atom. The highest BCUT2D eigenvalue weighted by atomic mass is 32.2. The van der Waals surface area contributed by atoms with Crippen LogP contribution in [0.2, 0.25) is 0 Å². The first-order chi connectivity index (χ1) is 14.2. The SMILES string of the molecule is Cc1ccc(S(=O)(=O)N2C(=O)NCC23CCC(c2ccccc2)(N(C)C)CC3)cc1. The van der Waals surface area contributed by atoms with Crippen molar-refractivity contribution in [2.24, 2.45) is 0 Å². The molecule has 1 N–H and O–H groups in total. The summed E-state index contributed by atoms with van der Waals surface area (Å²) < 4.78 is 28.0.